The predicted molar refractivity (Wildman–Crippen MR) is 193 cm³/mol. The van der Waals surface area contributed by atoms with Crippen LogP contribution in [0.25, 0.3) is 22.3 Å². The van der Waals surface area contributed by atoms with Crippen LogP contribution in [-0.4, -0.2) is 33.4 Å². The van der Waals surface area contributed by atoms with Crippen molar-refractivity contribution in [2.24, 2.45) is 0 Å². The Balaban J connectivity index is 1.65. The molecule has 4 aromatic carbocycles. The fraction of sp³-hybridized carbons (Fsp3) is 0.317. The first-order valence-electron chi connectivity index (χ1n) is 17.0. The van der Waals surface area contributed by atoms with Gasteiger partial charge >= 0.3 is 5.97 Å². The molecule has 9 heteroatoms. The molecule has 262 valence electrons. The Bertz CT molecular complexity index is 1920. The Morgan fingerprint density at radius 3 is 2.00 bits per heavy atom. The number of benzene rings is 4. The number of fused-ring (bicyclic) bond motifs is 1. The van der Waals surface area contributed by atoms with Crippen molar-refractivity contribution in [2.45, 2.75) is 59.2 Å². The third-order valence-corrected chi connectivity index (χ3v) is 8.18. The maximum Gasteiger partial charge on any atom is 0.344 e. The van der Waals surface area contributed by atoms with E-state index >= 15 is 0 Å². The zero-order chi connectivity index (χ0) is 35.3. The van der Waals surface area contributed by atoms with Gasteiger partial charge in [0.05, 0.1) is 20.8 Å². The van der Waals surface area contributed by atoms with Crippen molar-refractivity contribution in [1.82, 2.24) is 0 Å². The smallest absolute Gasteiger partial charge is 0.344 e. The summed E-state index contributed by atoms with van der Waals surface area (Å²) in [6.45, 7) is 4.32. The van der Waals surface area contributed by atoms with Crippen LogP contribution in [0.2, 0.25) is 0 Å². The van der Waals surface area contributed by atoms with Crippen LogP contribution in [-0.2, 0) is 29.2 Å². The molecule has 0 saturated heterocycles. The fourth-order valence-electron chi connectivity index (χ4n) is 5.66. The van der Waals surface area contributed by atoms with Crippen molar-refractivity contribution in [3.8, 4) is 40.1 Å². The first-order chi connectivity index (χ1) is 24.5. The van der Waals surface area contributed by atoms with Crippen molar-refractivity contribution >= 4 is 16.9 Å². The Kier molecular flexibility index (Phi) is 12.8. The van der Waals surface area contributed by atoms with Gasteiger partial charge in [0.15, 0.2) is 34.9 Å². The monoisotopic (exact) mass is 680 g/mol. The molecule has 0 amide bonds. The number of carbonyl (C=O) groups is 1. The molecule has 0 aliphatic heterocycles. The van der Waals surface area contributed by atoms with Crippen molar-refractivity contribution in [2.75, 3.05) is 27.4 Å². The molecule has 0 atom stereocenters. The van der Waals surface area contributed by atoms with Crippen LogP contribution in [0.15, 0.2) is 94.1 Å². The quantitative estimate of drug-likeness (QED) is 0.0664. The minimum atomic E-state index is -0.561. The number of rotatable bonds is 18. The summed E-state index contributed by atoms with van der Waals surface area (Å²) in [5.41, 5.74) is 2.97. The zero-order valence-electron chi connectivity index (χ0n) is 29.1. The van der Waals surface area contributed by atoms with E-state index in [4.69, 9.17) is 32.8 Å². The van der Waals surface area contributed by atoms with Gasteiger partial charge in [-0.15, -0.1) is 0 Å². The summed E-state index contributed by atoms with van der Waals surface area (Å²) in [6.07, 6.45) is 4.28. The summed E-state index contributed by atoms with van der Waals surface area (Å²) in [4.78, 5) is 26.8. The van der Waals surface area contributed by atoms with Crippen LogP contribution < -0.4 is 29.1 Å². The molecule has 50 heavy (non-hydrogen) atoms. The molecule has 0 unspecified atom stereocenters. The predicted octanol–water partition coefficient (Wildman–Crippen LogP) is 8.70. The number of carbonyl (C=O) groups excluding carboxylic acids is 1. The van der Waals surface area contributed by atoms with Gasteiger partial charge in [-0.05, 0) is 49.1 Å². The van der Waals surface area contributed by atoms with Gasteiger partial charge in [0.2, 0.25) is 5.75 Å². The highest BCUT2D eigenvalue weighted by Gasteiger charge is 2.26. The maximum atomic E-state index is 14.6. The molecule has 0 saturated carbocycles. The topological polar surface area (TPSA) is 103 Å². The van der Waals surface area contributed by atoms with Crippen LogP contribution in [0, 0.1) is 0 Å². The van der Waals surface area contributed by atoms with Gasteiger partial charge in [-0.3, -0.25) is 4.79 Å². The number of methoxy groups -OCH3 is 2. The first-order valence-corrected chi connectivity index (χ1v) is 17.0. The van der Waals surface area contributed by atoms with Crippen LogP contribution in [0.5, 0.6) is 28.7 Å². The molecule has 0 fully saturated rings. The number of esters is 1. The van der Waals surface area contributed by atoms with Gasteiger partial charge in [-0.25, -0.2) is 4.79 Å². The minimum absolute atomic E-state index is 0.136. The lowest BCUT2D eigenvalue weighted by molar-refractivity contribution is -0.145. The van der Waals surface area contributed by atoms with E-state index in [1.165, 1.54) is 20.3 Å². The molecule has 1 aromatic heterocycles. The minimum Gasteiger partial charge on any atom is -0.493 e. The van der Waals surface area contributed by atoms with Crippen LogP contribution in [0.3, 0.4) is 0 Å². The van der Waals surface area contributed by atoms with E-state index in [1.54, 1.807) is 6.92 Å². The Morgan fingerprint density at radius 1 is 0.700 bits per heavy atom. The lowest BCUT2D eigenvalue weighted by Gasteiger charge is -2.18. The average molecular weight is 681 g/mol. The van der Waals surface area contributed by atoms with Gasteiger partial charge in [-0.1, -0.05) is 86.8 Å². The fourth-order valence-corrected chi connectivity index (χ4v) is 5.66. The standard InChI is InChI=1S/C41H44O9/c1-5-7-8-15-20-31-38(43)37-34(49-27-36(42)46-6-2)24-35(44-3)40(45-4)41(37)50-39(31)30-21-22-32(47-25-28-16-11-9-12-17-28)33(23-30)48-26-29-18-13-10-14-19-29/h9-14,16-19,21-24H,5-8,15,20,25-27H2,1-4H3. The van der Waals surface area contributed by atoms with E-state index in [-0.39, 0.29) is 40.3 Å². The molecule has 0 aliphatic carbocycles. The van der Waals surface area contributed by atoms with Crippen LogP contribution >= 0.6 is 0 Å². The Labute approximate surface area is 292 Å². The number of ether oxygens (including phenoxy) is 6. The molecule has 1 heterocycles. The van der Waals surface area contributed by atoms with Crippen LogP contribution in [0.4, 0.5) is 0 Å². The van der Waals surface area contributed by atoms with E-state index in [0.29, 0.717) is 48.0 Å². The van der Waals surface area contributed by atoms with Crippen molar-refractivity contribution in [3.05, 3.63) is 112 Å². The van der Waals surface area contributed by atoms with Crippen molar-refractivity contribution in [1.29, 1.82) is 0 Å². The Morgan fingerprint density at radius 2 is 1.38 bits per heavy atom. The highest BCUT2D eigenvalue weighted by molar-refractivity contribution is 5.93. The molecule has 0 radical (unpaired) electrons. The zero-order valence-corrected chi connectivity index (χ0v) is 29.1. The highest BCUT2D eigenvalue weighted by atomic mass is 16.6. The highest BCUT2D eigenvalue weighted by Crippen LogP contribution is 2.43. The molecule has 5 rings (SSSR count). The van der Waals surface area contributed by atoms with Gasteiger partial charge < -0.3 is 32.8 Å². The summed E-state index contributed by atoms with van der Waals surface area (Å²) < 4.78 is 41.5. The second kappa shape index (κ2) is 17.8. The first kappa shape index (κ1) is 35.9. The lowest BCUT2D eigenvalue weighted by atomic mass is 9.98. The molecule has 0 aliphatic rings. The average Bonchev–Trinajstić information content (AvgIpc) is 3.15. The summed E-state index contributed by atoms with van der Waals surface area (Å²) in [6, 6.07) is 26.8. The van der Waals surface area contributed by atoms with Gasteiger partial charge in [0, 0.05) is 17.2 Å². The second-order valence-corrected chi connectivity index (χ2v) is 11.7. The van der Waals surface area contributed by atoms with Crippen molar-refractivity contribution < 1.29 is 37.6 Å². The normalized spacial score (nSPS) is 10.9. The molecule has 0 spiro atoms. The largest absolute Gasteiger partial charge is 0.493 e. The summed E-state index contributed by atoms with van der Waals surface area (Å²) in [7, 11) is 2.95. The molecular formula is C41H44O9. The van der Waals surface area contributed by atoms with Gasteiger partial charge in [0.25, 0.3) is 0 Å². The number of unbranched alkanes of at least 4 members (excludes halogenated alkanes) is 3. The third-order valence-electron chi connectivity index (χ3n) is 8.18. The SMILES string of the molecule is CCCCCCc1c(-c2ccc(OCc3ccccc3)c(OCc3ccccc3)c2)oc2c(OC)c(OC)cc(OCC(=O)OCC)c2c1=O. The van der Waals surface area contributed by atoms with Crippen LogP contribution in [0.1, 0.15) is 56.2 Å². The molecule has 0 N–H and O–H groups in total. The molecule has 5 aromatic rings. The molecule has 9 nitrogen and oxygen atoms in total. The van der Waals surface area contributed by atoms with Gasteiger partial charge in [-0.2, -0.15) is 0 Å². The number of hydrogen-bond acceptors (Lipinski definition) is 9. The second-order valence-electron chi connectivity index (χ2n) is 11.7. The molecular weight excluding hydrogens is 636 g/mol. The van der Waals surface area contributed by atoms with Crippen molar-refractivity contribution in [3.63, 3.8) is 0 Å². The van der Waals surface area contributed by atoms with E-state index < -0.39 is 12.6 Å². The molecule has 0 bridgehead atoms. The van der Waals surface area contributed by atoms with E-state index in [9.17, 15) is 9.59 Å². The Hall–Kier alpha value is -5.44. The maximum absolute atomic E-state index is 14.6. The summed E-state index contributed by atoms with van der Waals surface area (Å²) in [5, 5.41) is 0.157. The summed E-state index contributed by atoms with van der Waals surface area (Å²) in [5.74, 6) is 1.51. The third kappa shape index (κ3) is 8.77. The van der Waals surface area contributed by atoms with Gasteiger partial charge in [0.1, 0.15) is 30.1 Å². The summed E-state index contributed by atoms with van der Waals surface area (Å²) >= 11 is 0. The van der Waals surface area contributed by atoms with E-state index in [2.05, 4.69) is 6.92 Å². The lowest BCUT2D eigenvalue weighted by Crippen LogP contribution is -2.17. The van der Waals surface area contributed by atoms with E-state index in [1.807, 2.05) is 78.9 Å². The number of hydrogen-bond donors (Lipinski definition) is 0. The van der Waals surface area contributed by atoms with E-state index in [0.717, 1.165) is 36.8 Å².